The molecule has 4 bridgehead atoms. The molecule has 1 saturated heterocycles. The van der Waals surface area contributed by atoms with Gasteiger partial charge in [-0.3, -0.25) is 9.69 Å². The molecule has 2 unspecified atom stereocenters. The molecule has 4 saturated carbocycles. The van der Waals surface area contributed by atoms with E-state index in [2.05, 4.69) is 62.7 Å². The van der Waals surface area contributed by atoms with Crippen LogP contribution in [-0.4, -0.2) is 66.4 Å². The molecule has 3 aromatic rings. The van der Waals surface area contributed by atoms with Gasteiger partial charge in [0.25, 0.3) is 0 Å². The van der Waals surface area contributed by atoms with Crippen LogP contribution in [0.15, 0.2) is 36.7 Å². The minimum absolute atomic E-state index is 0.102. The van der Waals surface area contributed by atoms with Crippen molar-refractivity contribution in [3.63, 3.8) is 0 Å². The summed E-state index contributed by atoms with van der Waals surface area (Å²) in [5, 5.41) is 9.66. The summed E-state index contributed by atoms with van der Waals surface area (Å²) >= 11 is 6.12. The molecule has 0 spiro atoms. The fraction of sp³-hybridized carbons (Fsp3) is 0.586. The van der Waals surface area contributed by atoms with Gasteiger partial charge in [0.2, 0.25) is 11.2 Å². The second kappa shape index (κ2) is 8.91. The van der Waals surface area contributed by atoms with Crippen LogP contribution in [0.3, 0.4) is 0 Å². The molecule has 8 rings (SSSR count). The molecule has 4 aliphatic carbocycles. The summed E-state index contributed by atoms with van der Waals surface area (Å²) in [6, 6.07) is 10.3. The summed E-state index contributed by atoms with van der Waals surface area (Å²) in [7, 11) is 0. The van der Waals surface area contributed by atoms with Crippen molar-refractivity contribution in [3.8, 4) is 5.69 Å². The van der Waals surface area contributed by atoms with Crippen molar-refractivity contribution in [2.45, 2.75) is 64.5 Å². The molecular weight excluding hydrogens is 498 g/mol. The average molecular weight is 534 g/mol. The van der Waals surface area contributed by atoms with Gasteiger partial charge in [-0.05, 0) is 87.9 Å². The minimum Gasteiger partial charge on any atom is -0.340 e. The van der Waals surface area contributed by atoms with Gasteiger partial charge in [0, 0.05) is 44.0 Å². The van der Waals surface area contributed by atoms with Crippen molar-refractivity contribution < 1.29 is 4.79 Å². The van der Waals surface area contributed by atoms with Crippen molar-refractivity contribution in [2.75, 3.05) is 26.2 Å². The molecule has 0 N–H and O–H groups in total. The number of rotatable bonds is 5. The van der Waals surface area contributed by atoms with E-state index in [1.165, 1.54) is 17.7 Å². The first kappa shape index (κ1) is 24.3. The molecule has 1 aliphatic heterocycles. The molecule has 200 valence electrons. The minimum atomic E-state index is -0.255. The van der Waals surface area contributed by atoms with Crippen molar-refractivity contribution >= 4 is 17.5 Å². The monoisotopic (exact) mass is 533 g/mol. The van der Waals surface area contributed by atoms with Crippen LogP contribution in [0, 0.1) is 31.1 Å². The Hall–Kier alpha value is -2.71. The second-order valence-electron chi connectivity index (χ2n) is 12.4. The van der Waals surface area contributed by atoms with Gasteiger partial charge in [0.15, 0.2) is 0 Å². The van der Waals surface area contributed by atoms with Crippen molar-refractivity contribution in [1.82, 2.24) is 34.3 Å². The number of carbonyl (C=O) groups excluding carboxylic acids is 1. The topological polar surface area (TPSA) is 72.1 Å². The van der Waals surface area contributed by atoms with E-state index in [4.69, 9.17) is 16.7 Å². The van der Waals surface area contributed by atoms with Crippen molar-refractivity contribution in [2.24, 2.45) is 17.3 Å². The van der Waals surface area contributed by atoms with Crippen LogP contribution >= 0.6 is 11.6 Å². The number of carbonyl (C=O) groups is 1. The summed E-state index contributed by atoms with van der Waals surface area (Å²) < 4.78 is 4.06. The predicted molar refractivity (Wildman–Crippen MR) is 145 cm³/mol. The standard InChI is InChI=1S/C29H36ClN7O/c1-20-25(21(2)37(32-20)24-6-4-3-5-7-24)17-34-8-10-35(11-9-34)26(38)28-13-22-12-23(14-28)16-29(15-22,18-28)36-19-31-27(30)33-36/h3-7,19,22-23H,8-18H2,1-2H3. The fourth-order valence-electron chi connectivity index (χ4n) is 8.60. The number of hydrogen-bond donors (Lipinski definition) is 0. The Bertz CT molecular complexity index is 1340. The third-order valence-electron chi connectivity index (χ3n) is 9.92. The van der Waals surface area contributed by atoms with Gasteiger partial charge in [-0.25, -0.2) is 14.3 Å². The largest absolute Gasteiger partial charge is 0.340 e. The maximum Gasteiger partial charge on any atom is 0.242 e. The van der Waals surface area contributed by atoms with Gasteiger partial charge < -0.3 is 4.90 Å². The van der Waals surface area contributed by atoms with Gasteiger partial charge in [0.05, 0.1) is 22.3 Å². The Morgan fingerprint density at radius 3 is 2.37 bits per heavy atom. The van der Waals surface area contributed by atoms with Crippen LogP contribution in [-0.2, 0) is 16.9 Å². The smallest absolute Gasteiger partial charge is 0.242 e. The van der Waals surface area contributed by atoms with E-state index in [0.717, 1.165) is 76.2 Å². The molecule has 2 atom stereocenters. The summed E-state index contributed by atoms with van der Waals surface area (Å²) in [5.74, 6) is 1.57. The summed E-state index contributed by atoms with van der Waals surface area (Å²) in [6.07, 6.45) is 8.18. The van der Waals surface area contributed by atoms with Crippen molar-refractivity contribution in [3.05, 3.63) is 58.9 Å². The van der Waals surface area contributed by atoms with Crippen LogP contribution in [0.2, 0.25) is 5.28 Å². The second-order valence-corrected chi connectivity index (χ2v) is 12.7. The van der Waals surface area contributed by atoms with Gasteiger partial charge >= 0.3 is 0 Å². The lowest BCUT2D eigenvalue weighted by Gasteiger charge is -2.61. The molecule has 3 heterocycles. The van der Waals surface area contributed by atoms with Crippen molar-refractivity contribution in [1.29, 1.82) is 0 Å². The molecule has 38 heavy (non-hydrogen) atoms. The highest BCUT2D eigenvalue weighted by molar-refractivity contribution is 6.28. The third kappa shape index (κ3) is 3.90. The van der Waals surface area contributed by atoms with Crippen LogP contribution in [0.5, 0.6) is 0 Å². The Balaban J connectivity index is 1.05. The highest BCUT2D eigenvalue weighted by Crippen LogP contribution is 2.64. The molecule has 2 aromatic heterocycles. The Morgan fingerprint density at radius 2 is 1.71 bits per heavy atom. The van der Waals surface area contributed by atoms with Gasteiger partial charge in [-0.2, -0.15) is 5.10 Å². The maximum atomic E-state index is 14.2. The number of piperazine rings is 1. The molecule has 0 radical (unpaired) electrons. The number of para-hydroxylation sites is 1. The lowest BCUT2D eigenvalue weighted by atomic mass is 9.46. The predicted octanol–water partition coefficient (Wildman–Crippen LogP) is 4.37. The maximum absolute atomic E-state index is 14.2. The van der Waals surface area contributed by atoms with E-state index < -0.39 is 0 Å². The van der Waals surface area contributed by atoms with E-state index in [1.54, 1.807) is 6.33 Å². The zero-order valence-corrected chi connectivity index (χ0v) is 23.1. The third-order valence-corrected chi connectivity index (χ3v) is 10.1. The summed E-state index contributed by atoms with van der Waals surface area (Å²) in [6.45, 7) is 8.52. The first-order valence-electron chi connectivity index (χ1n) is 14.0. The molecule has 1 amide bonds. The summed E-state index contributed by atoms with van der Waals surface area (Å²) in [5.41, 5.74) is 4.31. The van der Waals surface area contributed by atoms with Gasteiger partial charge in [0.1, 0.15) is 6.33 Å². The SMILES string of the molecule is Cc1nn(-c2ccccc2)c(C)c1CN1CCN(C(=O)C23CC4CC(C2)CC(n2cnc(Cl)n2)(C4)C3)CC1. The van der Waals surface area contributed by atoms with E-state index in [0.29, 0.717) is 23.0 Å². The molecule has 5 fully saturated rings. The van der Waals surface area contributed by atoms with Crippen LogP contribution in [0.25, 0.3) is 5.69 Å². The first-order chi connectivity index (χ1) is 18.3. The van der Waals surface area contributed by atoms with Crippen LogP contribution in [0.1, 0.15) is 55.5 Å². The average Bonchev–Trinajstić information content (AvgIpc) is 3.47. The number of halogens is 1. The molecule has 8 nitrogen and oxygen atoms in total. The Kier molecular flexibility index (Phi) is 5.71. The molecule has 5 aliphatic rings. The van der Waals surface area contributed by atoms with E-state index in [-0.39, 0.29) is 11.0 Å². The number of nitrogens with zero attached hydrogens (tertiary/aromatic N) is 7. The number of amides is 1. The Morgan fingerprint density at radius 1 is 1.00 bits per heavy atom. The first-order valence-corrected chi connectivity index (χ1v) is 14.4. The summed E-state index contributed by atoms with van der Waals surface area (Å²) in [4.78, 5) is 23.0. The van der Waals surface area contributed by atoms with Crippen LogP contribution in [0.4, 0.5) is 0 Å². The lowest BCUT2D eigenvalue weighted by Crippen LogP contribution is -2.62. The number of aromatic nitrogens is 5. The highest BCUT2D eigenvalue weighted by Gasteiger charge is 2.62. The van der Waals surface area contributed by atoms with E-state index in [9.17, 15) is 4.79 Å². The van der Waals surface area contributed by atoms with Gasteiger partial charge in [-0.1, -0.05) is 18.2 Å². The zero-order chi connectivity index (χ0) is 26.1. The number of aryl methyl sites for hydroxylation is 1. The van der Waals surface area contributed by atoms with Gasteiger partial charge in [-0.15, -0.1) is 5.10 Å². The molecular formula is C29H36ClN7O. The number of benzene rings is 1. The van der Waals surface area contributed by atoms with E-state index in [1.807, 2.05) is 10.7 Å². The Labute approximate surface area is 229 Å². The molecule has 9 heteroatoms. The zero-order valence-electron chi connectivity index (χ0n) is 22.3. The van der Waals surface area contributed by atoms with E-state index >= 15 is 0 Å². The van der Waals surface area contributed by atoms with Crippen LogP contribution < -0.4 is 0 Å². The normalized spacial score (nSPS) is 30.8. The number of hydrogen-bond acceptors (Lipinski definition) is 5. The molecule has 1 aromatic carbocycles. The highest BCUT2D eigenvalue weighted by atomic mass is 35.5. The quantitative estimate of drug-likeness (QED) is 0.487. The lowest BCUT2D eigenvalue weighted by molar-refractivity contribution is -0.168. The fourth-order valence-corrected chi connectivity index (χ4v) is 8.72.